The zero-order valence-corrected chi connectivity index (χ0v) is 21.5. The van der Waals surface area contributed by atoms with E-state index in [9.17, 15) is 18.8 Å². The van der Waals surface area contributed by atoms with E-state index in [1.807, 2.05) is 30.3 Å². The number of hydrogen-bond acceptors (Lipinski definition) is 5. The fourth-order valence-corrected chi connectivity index (χ4v) is 5.04. The number of rotatable bonds is 9. The molecule has 39 heavy (non-hydrogen) atoms. The van der Waals surface area contributed by atoms with Crippen molar-refractivity contribution >= 4 is 23.6 Å². The Hall–Kier alpha value is -4.24. The number of anilines is 1. The lowest BCUT2D eigenvalue weighted by atomic mass is 10.00. The van der Waals surface area contributed by atoms with Gasteiger partial charge < -0.3 is 20.3 Å². The van der Waals surface area contributed by atoms with Crippen molar-refractivity contribution in [2.75, 3.05) is 31.5 Å². The molecule has 2 heterocycles. The molecule has 5 rings (SSSR count). The second-order valence-electron chi connectivity index (χ2n) is 9.79. The number of likely N-dealkylation sites (tertiary alicyclic amines) is 1. The lowest BCUT2D eigenvalue weighted by molar-refractivity contribution is -0.126. The number of halogens is 1. The van der Waals surface area contributed by atoms with Gasteiger partial charge in [0.1, 0.15) is 5.82 Å². The van der Waals surface area contributed by atoms with E-state index in [1.54, 1.807) is 24.3 Å². The van der Waals surface area contributed by atoms with Crippen molar-refractivity contribution in [1.29, 1.82) is 0 Å². The summed E-state index contributed by atoms with van der Waals surface area (Å²) < 4.78 is 19.0. The van der Waals surface area contributed by atoms with Crippen LogP contribution in [0.4, 0.5) is 14.9 Å². The Balaban J connectivity index is 1.35. The maximum Gasteiger partial charge on any atom is 0.411 e. The zero-order valence-electron chi connectivity index (χ0n) is 21.5. The first-order valence-electron chi connectivity index (χ1n) is 13.2. The molecule has 0 radical (unpaired) electrons. The van der Waals surface area contributed by atoms with Gasteiger partial charge in [-0.05, 0) is 73.5 Å². The molecule has 8 nitrogen and oxygen atoms in total. The molecule has 3 aromatic rings. The third kappa shape index (κ3) is 6.43. The Morgan fingerprint density at radius 3 is 2.44 bits per heavy atom. The molecule has 2 atom stereocenters. The van der Waals surface area contributed by atoms with Gasteiger partial charge in [-0.3, -0.25) is 14.5 Å². The first kappa shape index (κ1) is 26.4. The molecule has 0 aliphatic carbocycles. The van der Waals surface area contributed by atoms with Crippen LogP contribution in [0, 0.1) is 5.82 Å². The molecular formula is C30H31FN4O4. The van der Waals surface area contributed by atoms with E-state index in [1.165, 1.54) is 42.0 Å². The number of carbonyl (C=O) groups is 3. The van der Waals surface area contributed by atoms with Crippen LogP contribution in [-0.2, 0) is 16.1 Å². The van der Waals surface area contributed by atoms with Crippen molar-refractivity contribution in [3.05, 3.63) is 101 Å². The van der Waals surface area contributed by atoms with Gasteiger partial charge in [-0.2, -0.15) is 0 Å². The molecule has 2 aliphatic heterocycles. The highest BCUT2D eigenvalue weighted by Crippen LogP contribution is 2.35. The van der Waals surface area contributed by atoms with E-state index in [2.05, 4.69) is 15.5 Å². The molecule has 0 spiro atoms. The minimum Gasteiger partial charge on any atom is -0.438 e. The summed E-state index contributed by atoms with van der Waals surface area (Å²) in [5.74, 6) is -1.12. The fraction of sp³-hybridized carbons (Fsp3) is 0.300. The molecule has 9 heteroatoms. The maximum absolute atomic E-state index is 13.5. The Bertz CT molecular complexity index is 1310. The van der Waals surface area contributed by atoms with Crippen LogP contribution in [0.1, 0.15) is 40.4 Å². The third-order valence-corrected chi connectivity index (χ3v) is 7.05. The highest BCUT2D eigenvalue weighted by molar-refractivity contribution is 6.04. The number of hydrogen-bond donors (Lipinski definition) is 2. The monoisotopic (exact) mass is 530 g/mol. The second kappa shape index (κ2) is 12.1. The predicted molar refractivity (Wildman–Crippen MR) is 144 cm³/mol. The van der Waals surface area contributed by atoms with Crippen LogP contribution in [0.5, 0.6) is 0 Å². The predicted octanol–water partition coefficient (Wildman–Crippen LogP) is 4.35. The third-order valence-electron chi connectivity index (χ3n) is 7.05. The Kier molecular flexibility index (Phi) is 8.17. The van der Waals surface area contributed by atoms with Crippen LogP contribution in [0.15, 0.2) is 78.9 Å². The van der Waals surface area contributed by atoms with E-state index < -0.39 is 30.0 Å². The highest BCUT2D eigenvalue weighted by atomic mass is 19.1. The summed E-state index contributed by atoms with van der Waals surface area (Å²) in [5.41, 5.74) is 2.23. The average molecular weight is 531 g/mol. The topological polar surface area (TPSA) is 91.0 Å². The van der Waals surface area contributed by atoms with Crippen molar-refractivity contribution in [3.8, 4) is 0 Å². The summed E-state index contributed by atoms with van der Waals surface area (Å²) in [6, 6.07) is 20.7. The van der Waals surface area contributed by atoms with Crippen LogP contribution in [-0.4, -0.2) is 59.9 Å². The standard InChI is InChI=1S/C30H31FN4O4/c31-24-13-11-22(12-14-24)28(36)33-25-10-6-9-23(19-25)27-26(29(37)32-15-18-34-16-4-5-17-34)35(30(38)39-27)20-21-7-2-1-3-8-21/h1-3,6-14,19,26-27H,4-5,15-18,20H2,(H,32,37)(H,33,36). The highest BCUT2D eigenvalue weighted by Gasteiger charge is 2.47. The number of amides is 3. The summed E-state index contributed by atoms with van der Waals surface area (Å²) in [5, 5.41) is 5.80. The molecule has 0 saturated carbocycles. The number of cyclic esters (lactones) is 1. The molecule has 2 aliphatic rings. The van der Waals surface area contributed by atoms with Crippen molar-refractivity contribution in [1.82, 2.24) is 15.1 Å². The van der Waals surface area contributed by atoms with Gasteiger partial charge in [0.15, 0.2) is 12.1 Å². The number of carbonyl (C=O) groups excluding carboxylic acids is 3. The van der Waals surface area contributed by atoms with Crippen LogP contribution in [0.3, 0.4) is 0 Å². The van der Waals surface area contributed by atoms with Crippen molar-refractivity contribution in [3.63, 3.8) is 0 Å². The van der Waals surface area contributed by atoms with Gasteiger partial charge >= 0.3 is 6.09 Å². The zero-order chi connectivity index (χ0) is 27.2. The minimum absolute atomic E-state index is 0.224. The Labute approximate surface area is 226 Å². The Morgan fingerprint density at radius 1 is 0.949 bits per heavy atom. The van der Waals surface area contributed by atoms with Gasteiger partial charge in [0.05, 0.1) is 6.54 Å². The van der Waals surface area contributed by atoms with E-state index in [-0.39, 0.29) is 12.5 Å². The number of nitrogens with one attached hydrogen (secondary N) is 2. The molecule has 2 N–H and O–H groups in total. The van der Waals surface area contributed by atoms with Gasteiger partial charge in [-0.25, -0.2) is 9.18 Å². The van der Waals surface area contributed by atoms with Gasteiger partial charge in [-0.15, -0.1) is 0 Å². The molecule has 3 amide bonds. The quantitative estimate of drug-likeness (QED) is 0.429. The van der Waals surface area contributed by atoms with E-state index in [4.69, 9.17) is 4.74 Å². The summed E-state index contributed by atoms with van der Waals surface area (Å²) >= 11 is 0. The smallest absolute Gasteiger partial charge is 0.411 e. The first-order chi connectivity index (χ1) is 19.0. The summed E-state index contributed by atoms with van der Waals surface area (Å²) in [6.07, 6.45) is 0.889. The van der Waals surface area contributed by atoms with Gasteiger partial charge in [-0.1, -0.05) is 42.5 Å². The SMILES string of the molecule is O=C(Nc1cccc(C2OC(=O)N(Cc3ccccc3)C2C(=O)NCCN2CCCC2)c1)c1ccc(F)cc1. The lowest BCUT2D eigenvalue weighted by Crippen LogP contribution is -2.47. The van der Waals surface area contributed by atoms with Crippen LogP contribution in [0.25, 0.3) is 0 Å². The number of benzene rings is 3. The molecule has 0 aromatic heterocycles. The van der Waals surface area contributed by atoms with Crippen LogP contribution >= 0.6 is 0 Å². The normalized spacial score (nSPS) is 19.1. The first-order valence-corrected chi connectivity index (χ1v) is 13.2. The van der Waals surface area contributed by atoms with Crippen molar-refractivity contribution < 1.29 is 23.5 Å². The molecule has 202 valence electrons. The number of ether oxygens (including phenoxy) is 1. The van der Waals surface area contributed by atoms with Crippen molar-refractivity contribution in [2.24, 2.45) is 0 Å². The summed E-state index contributed by atoms with van der Waals surface area (Å²) in [7, 11) is 0. The second-order valence-corrected chi connectivity index (χ2v) is 9.79. The van der Waals surface area contributed by atoms with Gasteiger partial charge in [0, 0.05) is 24.3 Å². The molecular weight excluding hydrogens is 499 g/mol. The largest absolute Gasteiger partial charge is 0.438 e. The van der Waals surface area contributed by atoms with E-state index in [0.717, 1.165) is 25.2 Å². The van der Waals surface area contributed by atoms with Crippen molar-refractivity contribution in [2.45, 2.75) is 31.5 Å². The average Bonchev–Trinajstić information content (AvgIpc) is 3.58. The van der Waals surface area contributed by atoms with Crippen LogP contribution in [0.2, 0.25) is 0 Å². The minimum atomic E-state index is -0.890. The Morgan fingerprint density at radius 2 is 1.69 bits per heavy atom. The molecule has 3 aromatic carbocycles. The maximum atomic E-state index is 13.5. The van der Waals surface area contributed by atoms with Crippen LogP contribution < -0.4 is 10.6 Å². The van der Waals surface area contributed by atoms with Gasteiger partial charge in [0.2, 0.25) is 5.91 Å². The van der Waals surface area contributed by atoms with Gasteiger partial charge in [0.25, 0.3) is 5.91 Å². The van der Waals surface area contributed by atoms with E-state index >= 15 is 0 Å². The molecule has 2 fully saturated rings. The number of nitrogens with zero attached hydrogens (tertiary/aromatic N) is 2. The lowest BCUT2D eigenvalue weighted by Gasteiger charge is -2.25. The fourth-order valence-electron chi connectivity index (χ4n) is 5.04. The molecule has 0 bridgehead atoms. The van der Waals surface area contributed by atoms with E-state index in [0.29, 0.717) is 23.4 Å². The summed E-state index contributed by atoms with van der Waals surface area (Å²) in [4.78, 5) is 43.0. The molecule has 2 unspecified atom stereocenters. The molecule has 2 saturated heterocycles. The summed E-state index contributed by atoms with van der Waals surface area (Å²) in [6.45, 7) is 3.51.